The monoisotopic (exact) mass is 488 g/mol. The summed E-state index contributed by atoms with van der Waals surface area (Å²) in [5.74, 6) is -0.356. The highest BCUT2D eigenvalue weighted by Crippen LogP contribution is 2.51. The lowest BCUT2D eigenvalue weighted by atomic mass is 10.0. The fourth-order valence-electron chi connectivity index (χ4n) is 4.55. The molecule has 33 heavy (non-hydrogen) atoms. The second-order valence-corrected chi connectivity index (χ2v) is 12.7. The summed E-state index contributed by atoms with van der Waals surface area (Å²) in [5, 5.41) is 0. The van der Waals surface area contributed by atoms with Gasteiger partial charge in [0.05, 0.1) is 27.7 Å². The number of unbranched alkanes of at least 4 members (excludes halogenated alkanes) is 16. The third kappa shape index (κ3) is 19.8. The lowest BCUT2D eigenvalue weighted by Gasteiger charge is -2.35. The average molecular weight is 489 g/mol. The van der Waals surface area contributed by atoms with E-state index in [4.69, 9.17) is 4.52 Å². The fourth-order valence-corrected chi connectivity index (χ4v) is 6.45. The van der Waals surface area contributed by atoms with E-state index in [1.165, 1.54) is 89.9 Å². The Morgan fingerprint density at radius 3 is 1.48 bits per heavy atom. The molecule has 0 heterocycles. The topological polar surface area (TPSA) is 46.5 Å². The summed E-state index contributed by atoms with van der Waals surface area (Å²) < 4.78 is 18.4. The zero-order chi connectivity index (χ0) is 24.8. The van der Waals surface area contributed by atoms with Gasteiger partial charge in [-0.2, -0.15) is 0 Å². The van der Waals surface area contributed by atoms with Crippen molar-refractivity contribution in [3.05, 3.63) is 12.2 Å². The number of hydrogen-bond acceptors (Lipinski definition) is 2. The van der Waals surface area contributed by atoms with Crippen molar-refractivity contribution in [1.29, 1.82) is 0 Å². The van der Waals surface area contributed by atoms with Crippen molar-refractivity contribution < 1.29 is 18.5 Å². The molecule has 2 unspecified atom stereocenters. The highest BCUT2D eigenvalue weighted by Gasteiger charge is 2.41. The van der Waals surface area contributed by atoms with Crippen molar-refractivity contribution in [1.82, 2.24) is 0 Å². The average Bonchev–Trinajstić information content (AvgIpc) is 2.74. The van der Waals surface area contributed by atoms with Gasteiger partial charge in [0.25, 0.3) is 0 Å². The lowest BCUT2D eigenvalue weighted by Crippen LogP contribution is -2.44. The number of rotatable bonds is 24. The van der Waals surface area contributed by atoms with Crippen LogP contribution in [0.15, 0.2) is 12.2 Å². The first-order chi connectivity index (χ1) is 15.8. The molecule has 0 rings (SSSR count). The Morgan fingerprint density at radius 1 is 0.697 bits per heavy atom. The van der Waals surface area contributed by atoms with Crippen LogP contribution in [-0.2, 0) is 9.09 Å². The van der Waals surface area contributed by atoms with E-state index < -0.39 is 7.60 Å². The van der Waals surface area contributed by atoms with Gasteiger partial charge in [-0.15, -0.1) is 0 Å². The third-order valence-corrected chi connectivity index (χ3v) is 8.93. The molecule has 0 aliphatic heterocycles. The SMILES string of the molecule is CCCCCCCCCCCCCCC/C=C\CCCCCOP(=O)(O)C(CC)[N+](C)(C)C. The Balaban J connectivity index is 3.45. The summed E-state index contributed by atoms with van der Waals surface area (Å²) in [4.78, 5) is 10.3. The molecular weight excluding hydrogens is 429 g/mol. The molecular formula is C28H59NO3P+. The molecule has 0 saturated carbocycles. The van der Waals surface area contributed by atoms with Crippen molar-refractivity contribution in [2.45, 2.75) is 142 Å². The summed E-state index contributed by atoms with van der Waals surface area (Å²) in [6.45, 7) is 4.62. The molecule has 0 bridgehead atoms. The normalized spacial score (nSPS) is 15.2. The minimum absolute atomic E-state index is 0.356. The van der Waals surface area contributed by atoms with Crippen molar-refractivity contribution in [3.8, 4) is 0 Å². The Kier molecular flexibility index (Phi) is 21.1. The van der Waals surface area contributed by atoms with E-state index in [-0.39, 0.29) is 5.78 Å². The predicted octanol–water partition coefficient (Wildman–Crippen LogP) is 9.23. The lowest BCUT2D eigenvalue weighted by molar-refractivity contribution is -0.883. The Bertz CT molecular complexity index is 502. The minimum Gasteiger partial charge on any atom is -0.320 e. The maximum atomic E-state index is 12.5. The van der Waals surface area contributed by atoms with Gasteiger partial charge in [0.15, 0.2) is 5.78 Å². The van der Waals surface area contributed by atoms with Crippen LogP contribution >= 0.6 is 7.60 Å². The van der Waals surface area contributed by atoms with Crippen LogP contribution in [0.3, 0.4) is 0 Å². The Hall–Kier alpha value is -0.150. The molecule has 0 aromatic carbocycles. The van der Waals surface area contributed by atoms with Crippen LogP contribution < -0.4 is 0 Å². The number of quaternary nitrogens is 1. The summed E-state index contributed by atoms with van der Waals surface area (Å²) >= 11 is 0. The van der Waals surface area contributed by atoms with Gasteiger partial charge in [-0.3, -0.25) is 4.57 Å². The van der Waals surface area contributed by atoms with E-state index in [1.807, 2.05) is 28.1 Å². The molecule has 0 amide bonds. The molecule has 0 aliphatic carbocycles. The smallest absolute Gasteiger partial charge is 0.320 e. The van der Waals surface area contributed by atoms with E-state index in [9.17, 15) is 9.46 Å². The van der Waals surface area contributed by atoms with Gasteiger partial charge >= 0.3 is 7.60 Å². The van der Waals surface area contributed by atoms with Crippen molar-refractivity contribution in [2.75, 3.05) is 27.7 Å². The second kappa shape index (κ2) is 21.2. The molecule has 0 aliphatic rings. The quantitative estimate of drug-likeness (QED) is 0.0637. The molecule has 198 valence electrons. The molecule has 0 aromatic heterocycles. The van der Waals surface area contributed by atoms with Crippen LogP contribution in [0.5, 0.6) is 0 Å². The molecule has 2 atom stereocenters. The number of nitrogens with zero attached hydrogens (tertiary/aromatic N) is 1. The summed E-state index contributed by atoms with van der Waals surface area (Å²) in [7, 11) is 2.29. The van der Waals surface area contributed by atoms with Gasteiger partial charge in [-0.05, 0) is 32.1 Å². The summed E-state index contributed by atoms with van der Waals surface area (Å²) in [6, 6.07) is 0. The van der Waals surface area contributed by atoms with E-state index >= 15 is 0 Å². The van der Waals surface area contributed by atoms with Gasteiger partial charge in [-0.25, -0.2) is 0 Å². The van der Waals surface area contributed by atoms with Crippen LogP contribution in [0.2, 0.25) is 0 Å². The third-order valence-electron chi connectivity index (χ3n) is 6.57. The molecule has 0 aromatic rings. The largest absolute Gasteiger partial charge is 0.385 e. The molecule has 0 fully saturated rings. The number of hydrogen-bond donors (Lipinski definition) is 1. The van der Waals surface area contributed by atoms with Crippen LogP contribution in [0, 0.1) is 0 Å². The second-order valence-electron chi connectivity index (χ2n) is 10.8. The highest BCUT2D eigenvalue weighted by molar-refractivity contribution is 7.53. The van der Waals surface area contributed by atoms with Gasteiger partial charge in [0, 0.05) is 6.42 Å². The van der Waals surface area contributed by atoms with E-state index in [0.717, 1.165) is 25.7 Å². The van der Waals surface area contributed by atoms with Gasteiger partial charge in [-0.1, -0.05) is 109 Å². The Labute approximate surface area is 207 Å². The molecule has 4 nitrogen and oxygen atoms in total. The fraction of sp³-hybridized carbons (Fsp3) is 0.929. The molecule has 0 saturated heterocycles. The van der Waals surface area contributed by atoms with E-state index in [1.54, 1.807) is 0 Å². The maximum absolute atomic E-state index is 12.5. The molecule has 0 radical (unpaired) electrons. The first kappa shape index (κ1) is 32.8. The Morgan fingerprint density at radius 2 is 1.09 bits per heavy atom. The zero-order valence-corrected chi connectivity index (χ0v) is 23.9. The van der Waals surface area contributed by atoms with Gasteiger partial charge < -0.3 is 13.9 Å². The summed E-state index contributed by atoms with van der Waals surface area (Å²) in [6.07, 6.45) is 28.9. The maximum Gasteiger partial charge on any atom is 0.385 e. The van der Waals surface area contributed by atoms with Crippen molar-refractivity contribution >= 4 is 7.60 Å². The first-order valence-electron chi connectivity index (χ1n) is 14.2. The van der Waals surface area contributed by atoms with Gasteiger partial charge in [0.2, 0.25) is 0 Å². The van der Waals surface area contributed by atoms with Crippen LogP contribution in [0.1, 0.15) is 136 Å². The van der Waals surface area contributed by atoms with E-state index in [0.29, 0.717) is 17.5 Å². The standard InChI is InChI=1S/C28H58NO3P/c1-6-8-9-10-11-12-13-14-15-16-17-18-19-20-21-22-23-24-25-26-27-32-33(30,31)28(7-2)29(3,4)5/h21-22,28H,6-20,23-27H2,1-5H3/p+1/b22-21-. The van der Waals surface area contributed by atoms with Crippen LogP contribution in [-0.4, -0.2) is 42.9 Å². The van der Waals surface area contributed by atoms with Crippen LogP contribution in [0.4, 0.5) is 0 Å². The van der Waals surface area contributed by atoms with Gasteiger partial charge in [0.1, 0.15) is 0 Å². The van der Waals surface area contributed by atoms with Crippen molar-refractivity contribution in [2.24, 2.45) is 0 Å². The first-order valence-corrected chi connectivity index (χ1v) is 15.8. The zero-order valence-electron chi connectivity index (χ0n) is 23.0. The highest BCUT2D eigenvalue weighted by atomic mass is 31.2. The summed E-state index contributed by atoms with van der Waals surface area (Å²) in [5.41, 5.74) is 0. The molecule has 0 spiro atoms. The molecule has 5 heteroatoms. The minimum atomic E-state index is -3.56. The predicted molar refractivity (Wildman–Crippen MR) is 146 cm³/mol. The van der Waals surface area contributed by atoms with Crippen LogP contribution in [0.25, 0.3) is 0 Å². The number of allylic oxidation sites excluding steroid dienone is 2. The van der Waals surface area contributed by atoms with E-state index in [2.05, 4.69) is 19.1 Å². The van der Waals surface area contributed by atoms with Crippen molar-refractivity contribution in [3.63, 3.8) is 0 Å². The molecule has 1 N–H and O–H groups in total.